The van der Waals surface area contributed by atoms with E-state index in [0.717, 1.165) is 25.2 Å². The molecule has 0 atom stereocenters. The quantitative estimate of drug-likeness (QED) is 0.428. The summed E-state index contributed by atoms with van der Waals surface area (Å²) in [7, 11) is -3.67. The highest BCUT2D eigenvalue weighted by atomic mass is 19.4. The molecule has 0 saturated carbocycles. The van der Waals surface area contributed by atoms with Crippen LogP contribution in [-0.4, -0.2) is 36.0 Å². The molecule has 0 radical (unpaired) electrons. The first kappa shape index (κ1) is 15.5. The van der Waals surface area contributed by atoms with E-state index >= 15 is 0 Å². The second-order valence-corrected chi connectivity index (χ2v) is 3.18. The van der Waals surface area contributed by atoms with Crippen LogP contribution in [0.15, 0.2) is 23.9 Å². The SMILES string of the molecule is CCN(CC)C1=CCC(=[N+]=[N-])C=C1.FB(F)F. The summed E-state index contributed by atoms with van der Waals surface area (Å²) in [5.74, 6) is 0. The van der Waals surface area contributed by atoms with Crippen molar-refractivity contribution >= 4 is 13.3 Å². The van der Waals surface area contributed by atoms with E-state index in [1.54, 1.807) is 0 Å². The molecule has 1 aliphatic rings. The fourth-order valence-electron chi connectivity index (χ4n) is 1.42. The first-order chi connectivity index (χ1) is 8.04. The summed E-state index contributed by atoms with van der Waals surface area (Å²) in [4.78, 5) is 5.43. The molecule has 0 bridgehead atoms. The van der Waals surface area contributed by atoms with Crippen LogP contribution < -0.4 is 0 Å². The van der Waals surface area contributed by atoms with Gasteiger partial charge in [-0.05, 0) is 26.0 Å². The molecule has 0 fully saturated rings. The molecule has 0 heterocycles. The van der Waals surface area contributed by atoms with E-state index < -0.39 is 7.54 Å². The molecule has 0 unspecified atom stereocenters. The molecule has 0 spiro atoms. The van der Waals surface area contributed by atoms with Crippen molar-refractivity contribution in [1.29, 1.82) is 0 Å². The predicted molar refractivity (Wildman–Crippen MR) is 62.5 cm³/mol. The highest BCUT2D eigenvalue weighted by Crippen LogP contribution is 2.11. The average molecular weight is 245 g/mol. The Morgan fingerprint density at radius 1 is 1.29 bits per heavy atom. The van der Waals surface area contributed by atoms with Crippen molar-refractivity contribution in [2.75, 3.05) is 13.1 Å². The maximum atomic E-state index is 9.67. The molecular formula is C10H15BF3N3. The number of allylic oxidation sites excluding steroid dienone is 3. The molecule has 0 aliphatic heterocycles. The summed E-state index contributed by atoms with van der Waals surface area (Å²) in [6.07, 6.45) is 6.65. The van der Waals surface area contributed by atoms with Crippen LogP contribution in [0.25, 0.3) is 5.53 Å². The molecule has 1 rings (SSSR count). The molecule has 17 heavy (non-hydrogen) atoms. The van der Waals surface area contributed by atoms with Gasteiger partial charge >= 0.3 is 7.54 Å². The molecule has 3 nitrogen and oxygen atoms in total. The first-order valence-electron chi connectivity index (χ1n) is 5.31. The van der Waals surface area contributed by atoms with Crippen LogP contribution in [0.4, 0.5) is 12.9 Å². The summed E-state index contributed by atoms with van der Waals surface area (Å²) >= 11 is 0. The van der Waals surface area contributed by atoms with Gasteiger partial charge in [0.15, 0.2) is 0 Å². The van der Waals surface area contributed by atoms with Crippen molar-refractivity contribution in [3.63, 3.8) is 0 Å². The maximum Gasteiger partial charge on any atom is 0.762 e. The second kappa shape index (κ2) is 8.64. The van der Waals surface area contributed by atoms with Gasteiger partial charge in [-0.3, -0.25) is 12.9 Å². The minimum absolute atomic E-state index is 0.718. The van der Waals surface area contributed by atoms with E-state index in [9.17, 15) is 12.9 Å². The Hall–Kier alpha value is -1.49. The second-order valence-electron chi connectivity index (χ2n) is 3.18. The van der Waals surface area contributed by atoms with Crippen molar-refractivity contribution in [2.24, 2.45) is 0 Å². The van der Waals surface area contributed by atoms with Crippen LogP contribution in [-0.2, 0) is 0 Å². The van der Waals surface area contributed by atoms with Gasteiger partial charge in [-0.1, -0.05) is 0 Å². The topological polar surface area (TPSA) is 39.6 Å². The van der Waals surface area contributed by atoms with E-state index in [1.165, 1.54) is 5.70 Å². The van der Waals surface area contributed by atoms with E-state index in [0.29, 0.717) is 0 Å². The summed E-state index contributed by atoms with van der Waals surface area (Å²) in [5, 5.41) is 0. The number of likely N-dealkylation sites (N-methyl/N-ethyl adjacent to an activating group) is 1. The zero-order valence-electron chi connectivity index (χ0n) is 9.91. The van der Waals surface area contributed by atoms with Gasteiger partial charge < -0.3 is 10.4 Å². The molecule has 94 valence electrons. The molecule has 1 aliphatic carbocycles. The Kier molecular flexibility index (Phi) is 7.89. The molecule has 0 aromatic carbocycles. The van der Waals surface area contributed by atoms with Gasteiger partial charge in [0.25, 0.3) is 5.71 Å². The number of rotatable bonds is 3. The van der Waals surface area contributed by atoms with Gasteiger partial charge in [0.1, 0.15) is 0 Å². The van der Waals surface area contributed by atoms with Crippen LogP contribution in [0.5, 0.6) is 0 Å². The van der Waals surface area contributed by atoms with Crippen LogP contribution in [0.2, 0.25) is 0 Å². The normalized spacial score (nSPS) is 13.2. The Labute approximate surface area is 99.5 Å². The van der Waals surface area contributed by atoms with Crippen LogP contribution in [0, 0.1) is 0 Å². The van der Waals surface area contributed by atoms with Gasteiger partial charge in [0.05, 0.1) is 6.42 Å². The lowest BCUT2D eigenvalue weighted by Crippen LogP contribution is -2.22. The largest absolute Gasteiger partial charge is 0.762 e. The van der Waals surface area contributed by atoms with E-state index in [1.807, 2.05) is 12.2 Å². The zero-order valence-corrected chi connectivity index (χ0v) is 9.91. The Balaban J connectivity index is 0.000000557. The molecule has 0 amide bonds. The monoisotopic (exact) mass is 245 g/mol. The maximum absolute atomic E-state index is 9.67. The molecular weight excluding hydrogens is 230 g/mol. The number of nitrogens with zero attached hydrogens (tertiary/aromatic N) is 3. The highest BCUT2D eigenvalue weighted by Gasteiger charge is 2.10. The number of halogens is 3. The van der Waals surface area contributed by atoms with Gasteiger partial charge in [-0.15, -0.1) is 0 Å². The minimum atomic E-state index is -3.67. The fourth-order valence-corrected chi connectivity index (χ4v) is 1.42. The number of hydrogen-bond acceptors (Lipinski definition) is 1. The Morgan fingerprint density at radius 3 is 2.12 bits per heavy atom. The van der Waals surface area contributed by atoms with E-state index in [2.05, 4.69) is 29.6 Å². The van der Waals surface area contributed by atoms with E-state index in [4.69, 9.17) is 5.53 Å². The number of hydrogen-bond donors (Lipinski definition) is 0. The van der Waals surface area contributed by atoms with Gasteiger partial charge in [0, 0.05) is 24.9 Å². The van der Waals surface area contributed by atoms with Crippen LogP contribution in [0.1, 0.15) is 20.3 Å². The molecule has 0 N–H and O–H groups in total. The van der Waals surface area contributed by atoms with Crippen molar-refractivity contribution in [2.45, 2.75) is 20.3 Å². The molecule has 0 aromatic heterocycles. The summed E-state index contributed by atoms with van der Waals surface area (Å²) in [5.41, 5.74) is 10.5. The van der Waals surface area contributed by atoms with Crippen LogP contribution >= 0.6 is 0 Å². The third kappa shape index (κ3) is 6.63. The highest BCUT2D eigenvalue weighted by molar-refractivity contribution is 6.33. The van der Waals surface area contributed by atoms with Gasteiger partial charge in [-0.2, -0.15) is 4.79 Å². The smallest absolute Gasteiger partial charge is 0.372 e. The van der Waals surface area contributed by atoms with Crippen molar-refractivity contribution in [3.05, 3.63) is 29.5 Å². The zero-order chi connectivity index (χ0) is 13.3. The third-order valence-corrected chi connectivity index (χ3v) is 2.22. The average Bonchev–Trinajstić information content (AvgIpc) is 2.31. The van der Waals surface area contributed by atoms with Crippen molar-refractivity contribution in [3.8, 4) is 0 Å². The predicted octanol–water partition coefficient (Wildman–Crippen LogP) is 2.72. The summed E-state index contributed by atoms with van der Waals surface area (Å²) in [6.45, 7) is 6.29. The lowest BCUT2D eigenvalue weighted by Gasteiger charge is -2.22. The minimum Gasteiger partial charge on any atom is -0.372 e. The Morgan fingerprint density at radius 2 is 1.82 bits per heavy atom. The van der Waals surface area contributed by atoms with Crippen molar-refractivity contribution < 1.29 is 17.7 Å². The van der Waals surface area contributed by atoms with Crippen LogP contribution in [0.3, 0.4) is 0 Å². The lowest BCUT2D eigenvalue weighted by molar-refractivity contribution is -0.00547. The van der Waals surface area contributed by atoms with Crippen molar-refractivity contribution in [1.82, 2.24) is 4.90 Å². The van der Waals surface area contributed by atoms with Gasteiger partial charge in [0.2, 0.25) is 0 Å². The molecule has 7 heteroatoms. The lowest BCUT2D eigenvalue weighted by atomic mass is 10.1. The summed E-state index contributed by atoms with van der Waals surface area (Å²) in [6, 6.07) is 0. The Bertz CT molecular complexity index is 329. The molecule has 0 aromatic rings. The van der Waals surface area contributed by atoms with E-state index in [-0.39, 0.29) is 0 Å². The fraction of sp³-hybridized carbons (Fsp3) is 0.500. The summed E-state index contributed by atoms with van der Waals surface area (Å²) < 4.78 is 29.0. The standard InChI is InChI=1S/C10H15N3.BF3/c1-3-13(4-2)10-7-5-9(12-11)6-8-10;2-1(3)4/h5,7-8H,3-4,6H2,1-2H3;. The first-order valence-corrected chi connectivity index (χ1v) is 5.31. The third-order valence-electron chi connectivity index (χ3n) is 2.22. The van der Waals surface area contributed by atoms with Gasteiger partial charge in [-0.25, -0.2) is 0 Å². The molecule has 0 saturated heterocycles.